The van der Waals surface area contributed by atoms with Crippen LogP contribution in [0.5, 0.6) is 0 Å². The van der Waals surface area contributed by atoms with Gasteiger partial charge in [0, 0.05) is 29.7 Å². The van der Waals surface area contributed by atoms with Gasteiger partial charge in [0.1, 0.15) is 29.2 Å². The Kier molecular flexibility index (Phi) is 6.17. The Labute approximate surface area is 189 Å². The lowest BCUT2D eigenvalue weighted by Crippen LogP contribution is -2.26. The number of nitrogens with two attached hydrogens (primary N) is 1. The van der Waals surface area contributed by atoms with Crippen LogP contribution in [0.4, 0.5) is 13.2 Å². The highest BCUT2D eigenvalue weighted by molar-refractivity contribution is 6.03. The molecule has 0 radical (unpaired) electrons. The van der Waals surface area contributed by atoms with Gasteiger partial charge in [-0.25, -0.2) is 28.1 Å². The normalized spacial score (nSPS) is 18.3. The van der Waals surface area contributed by atoms with Gasteiger partial charge in [-0.3, -0.25) is 4.98 Å². The van der Waals surface area contributed by atoms with Gasteiger partial charge in [-0.2, -0.15) is 0 Å². The monoisotopic (exact) mass is 447 g/mol. The Bertz CT molecular complexity index is 1280. The van der Waals surface area contributed by atoms with Crippen molar-refractivity contribution in [3.63, 3.8) is 0 Å². The van der Waals surface area contributed by atoms with Crippen molar-refractivity contribution in [2.75, 3.05) is 0 Å². The van der Waals surface area contributed by atoms with Crippen molar-refractivity contribution in [2.24, 2.45) is 10.7 Å². The second-order valence-corrected chi connectivity index (χ2v) is 7.29. The van der Waals surface area contributed by atoms with Gasteiger partial charge in [0.2, 0.25) is 0 Å². The fraction of sp³-hybridized carbons (Fsp3) is 0.120. The zero-order valence-corrected chi connectivity index (χ0v) is 17.7. The molecule has 0 saturated heterocycles. The molecule has 1 unspecified atom stereocenters. The predicted molar refractivity (Wildman–Crippen MR) is 121 cm³/mol. The summed E-state index contributed by atoms with van der Waals surface area (Å²) >= 11 is 0. The van der Waals surface area contributed by atoms with Crippen LogP contribution >= 0.6 is 0 Å². The molecule has 2 aromatic heterocycles. The van der Waals surface area contributed by atoms with E-state index in [1.54, 1.807) is 54.9 Å². The number of rotatable bonds is 6. The number of alkyl halides is 2. The van der Waals surface area contributed by atoms with Crippen LogP contribution in [0.1, 0.15) is 41.3 Å². The van der Waals surface area contributed by atoms with Crippen LogP contribution in [-0.2, 0) is 5.54 Å². The number of halogens is 3. The zero-order valence-electron chi connectivity index (χ0n) is 17.7. The van der Waals surface area contributed by atoms with Gasteiger partial charge in [-0.1, -0.05) is 42.5 Å². The summed E-state index contributed by atoms with van der Waals surface area (Å²) in [6.45, 7) is 1.84. The highest BCUT2D eigenvalue weighted by Gasteiger charge is 2.45. The number of fused-ring (bicyclic) bond motifs is 1. The van der Waals surface area contributed by atoms with E-state index >= 15 is 0 Å². The molecule has 1 aliphatic heterocycles. The van der Waals surface area contributed by atoms with Crippen LogP contribution in [0.25, 0.3) is 6.08 Å². The smallest absolute Gasteiger partial charge is 0.280 e. The molecule has 0 aliphatic carbocycles. The number of nitrogens with zero attached hydrogens (tertiary/aromatic N) is 4. The first-order valence-corrected chi connectivity index (χ1v) is 10.1. The lowest BCUT2D eigenvalue weighted by molar-refractivity contribution is 0.146. The minimum absolute atomic E-state index is 0.0127. The minimum atomic E-state index is -2.78. The SMILES string of the molecule is C\C=C/C=C(\C=C\c1cncnc1)C1(c2ccnc(C(F)F)c2)N=C(N)c2c(F)cccc21. The first kappa shape index (κ1) is 22.1. The van der Waals surface area contributed by atoms with Gasteiger partial charge >= 0.3 is 0 Å². The van der Waals surface area contributed by atoms with E-state index in [0.29, 0.717) is 16.7 Å². The highest BCUT2D eigenvalue weighted by atomic mass is 19.3. The molecule has 0 fully saturated rings. The summed E-state index contributed by atoms with van der Waals surface area (Å²) in [4.78, 5) is 16.5. The second-order valence-electron chi connectivity index (χ2n) is 7.29. The number of allylic oxidation sites excluding steroid dienone is 3. The molecule has 0 amide bonds. The summed E-state index contributed by atoms with van der Waals surface area (Å²) in [5, 5.41) is 0. The molecule has 3 aromatic rings. The molecule has 1 aliphatic rings. The molecule has 0 bridgehead atoms. The van der Waals surface area contributed by atoms with Gasteiger partial charge in [-0.05, 0) is 36.3 Å². The molecule has 8 heteroatoms. The number of benzene rings is 1. The van der Waals surface area contributed by atoms with Crippen LogP contribution in [0.3, 0.4) is 0 Å². The van der Waals surface area contributed by atoms with E-state index in [0.717, 1.165) is 5.56 Å². The van der Waals surface area contributed by atoms with E-state index < -0.39 is 23.5 Å². The zero-order chi connectivity index (χ0) is 23.4. The molecule has 1 atom stereocenters. The fourth-order valence-corrected chi connectivity index (χ4v) is 3.86. The summed E-state index contributed by atoms with van der Waals surface area (Å²) in [5.41, 5.74) is 6.72. The molecule has 1 aromatic carbocycles. The molecule has 0 saturated carbocycles. The molecule has 166 valence electrons. The maximum atomic E-state index is 14.8. The average Bonchev–Trinajstić information content (AvgIpc) is 3.14. The molecule has 2 N–H and O–H groups in total. The summed E-state index contributed by atoms with van der Waals surface area (Å²) in [7, 11) is 0. The van der Waals surface area contributed by atoms with Crippen LogP contribution in [0, 0.1) is 5.82 Å². The first-order chi connectivity index (χ1) is 16.0. The largest absolute Gasteiger partial charge is 0.383 e. The molecular weight excluding hydrogens is 427 g/mol. The van der Waals surface area contributed by atoms with Gasteiger partial charge < -0.3 is 5.73 Å². The Morgan fingerprint density at radius 2 is 1.94 bits per heavy atom. The number of aromatic nitrogens is 3. The summed E-state index contributed by atoms with van der Waals surface area (Å²) < 4.78 is 41.9. The number of hydrogen-bond donors (Lipinski definition) is 1. The lowest BCUT2D eigenvalue weighted by atomic mass is 9.76. The third kappa shape index (κ3) is 4.07. The standard InChI is InChI=1S/C25H20F3N5/c1-2-3-5-17(9-8-16-13-30-15-31-14-16)25(18-10-11-32-21(12-18)23(27)28)19-6-4-7-20(26)22(19)24(29)33-25/h2-15,23H,1H3,(H2,29,33)/b3-2-,9-8+,17-5+. The van der Waals surface area contributed by atoms with Crippen molar-refractivity contribution in [2.45, 2.75) is 18.9 Å². The number of pyridine rings is 1. The topological polar surface area (TPSA) is 77.0 Å². The van der Waals surface area contributed by atoms with Crippen LogP contribution in [0.2, 0.25) is 0 Å². The summed E-state index contributed by atoms with van der Waals surface area (Å²) in [5.74, 6) is -0.550. The van der Waals surface area contributed by atoms with E-state index in [-0.39, 0.29) is 11.4 Å². The molecular formula is C25H20F3N5. The van der Waals surface area contributed by atoms with Crippen LogP contribution in [-0.4, -0.2) is 20.8 Å². The van der Waals surface area contributed by atoms with Crippen molar-refractivity contribution in [1.29, 1.82) is 0 Å². The van der Waals surface area contributed by atoms with E-state index in [1.807, 2.05) is 13.0 Å². The van der Waals surface area contributed by atoms with E-state index in [1.165, 1.54) is 24.7 Å². The number of aliphatic imine (C=N–C) groups is 1. The van der Waals surface area contributed by atoms with Gasteiger partial charge in [0.15, 0.2) is 0 Å². The van der Waals surface area contributed by atoms with Crippen LogP contribution in [0.15, 0.2) is 90.1 Å². The minimum Gasteiger partial charge on any atom is -0.383 e. The average molecular weight is 447 g/mol. The lowest BCUT2D eigenvalue weighted by Gasteiger charge is -2.30. The van der Waals surface area contributed by atoms with Crippen molar-refractivity contribution in [3.05, 3.63) is 119 Å². The van der Waals surface area contributed by atoms with E-state index in [4.69, 9.17) is 5.73 Å². The van der Waals surface area contributed by atoms with E-state index in [2.05, 4.69) is 19.9 Å². The van der Waals surface area contributed by atoms with Crippen molar-refractivity contribution in [1.82, 2.24) is 15.0 Å². The van der Waals surface area contributed by atoms with E-state index in [9.17, 15) is 13.2 Å². The van der Waals surface area contributed by atoms with Gasteiger partial charge in [0.05, 0.1) is 5.56 Å². The Hall–Kier alpha value is -4.07. The van der Waals surface area contributed by atoms with Crippen molar-refractivity contribution in [3.8, 4) is 0 Å². The molecule has 0 spiro atoms. The van der Waals surface area contributed by atoms with Crippen LogP contribution < -0.4 is 5.73 Å². The van der Waals surface area contributed by atoms with Crippen molar-refractivity contribution >= 4 is 11.9 Å². The van der Waals surface area contributed by atoms with Gasteiger partial charge in [0.25, 0.3) is 6.43 Å². The third-order valence-electron chi connectivity index (χ3n) is 5.29. The predicted octanol–water partition coefficient (Wildman–Crippen LogP) is 5.13. The number of hydrogen-bond acceptors (Lipinski definition) is 5. The quantitative estimate of drug-likeness (QED) is 0.532. The first-order valence-electron chi connectivity index (χ1n) is 10.1. The summed E-state index contributed by atoms with van der Waals surface area (Å²) in [6, 6.07) is 7.42. The molecule has 33 heavy (non-hydrogen) atoms. The maximum absolute atomic E-state index is 14.8. The Morgan fingerprint density at radius 3 is 2.67 bits per heavy atom. The summed E-state index contributed by atoms with van der Waals surface area (Å²) in [6.07, 6.45) is 12.1. The molecule has 3 heterocycles. The molecule has 5 nitrogen and oxygen atoms in total. The second kappa shape index (κ2) is 9.20. The highest BCUT2D eigenvalue weighted by Crippen LogP contribution is 2.47. The number of amidine groups is 1. The fourth-order valence-electron chi connectivity index (χ4n) is 3.86. The van der Waals surface area contributed by atoms with Gasteiger partial charge in [-0.15, -0.1) is 0 Å². The van der Waals surface area contributed by atoms with Crippen molar-refractivity contribution < 1.29 is 13.2 Å². The Morgan fingerprint density at radius 1 is 1.15 bits per heavy atom. The maximum Gasteiger partial charge on any atom is 0.280 e. The third-order valence-corrected chi connectivity index (χ3v) is 5.29. The molecule has 4 rings (SSSR count). The Balaban J connectivity index is 2.02.